The van der Waals surface area contributed by atoms with Gasteiger partial charge in [-0.3, -0.25) is 0 Å². The Balaban J connectivity index is 2.26. The second-order valence-electron chi connectivity index (χ2n) is 4.74. The molecule has 1 saturated carbocycles. The highest BCUT2D eigenvalue weighted by atomic mass is 32.2. The summed E-state index contributed by atoms with van der Waals surface area (Å²) in [6.07, 6.45) is 2.21. The SMILES string of the molecule is CC(C1CC1)N(C)S(=O)(=O)c1ccc(C#N)cc1. The van der Waals surface area contributed by atoms with Gasteiger partial charge in [-0.05, 0) is 49.9 Å². The van der Waals surface area contributed by atoms with Gasteiger partial charge in [-0.2, -0.15) is 9.57 Å². The van der Waals surface area contributed by atoms with Crippen LogP contribution in [0.3, 0.4) is 0 Å². The van der Waals surface area contributed by atoms with E-state index in [1.807, 2.05) is 13.0 Å². The molecule has 96 valence electrons. The van der Waals surface area contributed by atoms with Crippen molar-refractivity contribution in [2.45, 2.75) is 30.7 Å². The molecule has 1 unspecified atom stereocenters. The Kier molecular flexibility index (Phi) is 3.42. The minimum absolute atomic E-state index is 0.0330. The molecule has 2 rings (SSSR count). The molecule has 4 nitrogen and oxygen atoms in total. The van der Waals surface area contributed by atoms with Gasteiger partial charge in [0.1, 0.15) is 0 Å². The van der Waals surface area contributed by atoms with Crippen LogP contribution in [-0.2, 0) is 10.0 Å². The zero-order valence-corrected chi connectivity index (χ0v) is 11.3. The first-order valence-corrected chi connectivity index (χ1v) is 7.39. The summed E-state index contributed by atoms with van der Waals surface area (Å²) < 4.78 is 26.1. The molecule has 0 bridgehead atoms. The van der Waals surface area contributed by atoms with Crippen LogP contribution in [0.2, 0.25) is 0 Å². The summed E-state index contributed by atoms with van der Waals surface area (Å²) in [6.45, 7) is 1.94. The molecule has 0 N–H and O–H groups in total. The van der Waals surface area contributed by atoms with Gasteiger partial charge in [0.2, 0.25) is 10.0 Å². The molecule has 0 amide bonds. The summed E-state index contributed by atoms with van der Waals surface area (Å²) in [4.78, 5) is 0.247. The van der Waals surface area contributed by atoms with Crippen molar-refractivity contribution in [1.82, 2.24) is 4.31 Å². The molecule has 0 spiro atoms. The molecule has 1 atom stereocenters. The second-order valence-corrected chi connectivity index (χ2v) is 6.73. The van der Waals surface area contributed by atoms with Crippen molar-refractivity contribution >= 4 is 10.0 Å². The largest absolute Gasteiger partial charge is 0.243 e. The van der Waals surface area contributed by atoms with E-state index in [1.54, 1.807) is 7.05 Å². The average Bonchev–Trinajstić information content (AvgIpc) is 3.21. The van der Waals surface area contributed by atoms with Crippen LogP contribution in [-0.4, -0.2) is 25.8 Å². The monoisotopic (exact) mass is 264 g/mol. The lowest BCUT2D eigenvalue weighted by molar-refractivity contribution is 0.357. The zero-order chi connectivity index (χ0) is 13.3. The Morgan fingerprint density at radius 3 is 2.33 bits per heavy atom. The zero-order valence-electron chi connectivity index (χ0n) is 10.5. The summed E-state index contributed by atoms with van der Waals surface area (Å²) in [5, 5.41) is 8.70. The average molecular weight is 264 g/mol. The molecule has 1 aliphatic carbocycles. The third kappa shape index (κ3) is 2.40. The number of benzene rings is 1. The van der Waals surface area contributed by atoms with Gasteiger partial charge in [-0.25, -0.2) is 8.42 Å². The summed E-state index contributed by atoms with van der Waals surface area (Å²) in [5.74, 6) is 0.489. The Hall–Kier alpha value is -1.38. The molecule has 1 aliphatic rings. The Bertz CT molecular complexity index is 568. The van der Waals surface area contributed by atoms with Gasteiger partial charge >= 0.3 is 0 Å². The van der Waals surface area contributed by atoms with Crippen molar-refractivity contribution in [3.8, 4) is 6.07 Å². The number of sulfonamides is 1. The van der Waals surface area contributed by atoms with Crippen molar-refractivity contribution in [2.75, 3.05) is 7.05 Å². The molecule has 0 aromatic heterocycles. The molecule has 1 aromatic carbocycles. The number of hydrogen-bond acceptors (Lipinski definition) is 3. The minimum atomic E-state index is -3.44. The molecule has 0 radical (unpaired) electrons. The van der Waals surface area contributed by atoms with E-state index in [4.69, 9.17) is 5.26 Å². The molecule has 1 aromatic rings. The van der Waals surface area contributed by atoms with Gasteiger partial charge in [0.15, 0.2) is 0 Å². The number of hydrogen-bond donors (Lipinski definition) is 0. The fraction of sp³-hybridized carbons (Fsp3) is 0.462. The van der Waals surface area contributed by atoms with Crippen LogP contribution >= 0.6 is 0 Å². The highest BCUT2D eigenvalue weighted by Crippen LogP contribution is 2.36. The van der Waals surface area contributed by atoms with Crippen molar-refractivity contribution in [2.24, 2.45) is 5.92 Å². The molecule has 18 heavy (non-hydrogen) atoms. The van der Waals surface area contributed by atoms with Gasteiger partial charge in [0, 0.05) is 13.1 Å². The van der Waals surface area contributed by atoms with E-state index in [9.17, 15) is 8.42 Å². The first-order chi connectivity index (χ1) is 8.46. The highest BCUT2D eigenvalue weighted by molar-refractivity contribution is 7.89. The maximum Gasteiger partial charge on any atom is 0.243 e. The second kappa shape index (κ2) is 4.71. The quantitative estimate of drug-likeness (QED) is 0.835. The molecule has 0 heterocycles. The summed E-state index contributed by atoms with van der Waals surface area (Å²) in [5.41, 5.74) is 0.465. The van der Waals surface area contributed by atoms with Gasteiger partial charge in [-0.1, -0.05) is 0 Å². The van der Waals surface area contributed by atoms with Gasteiger partial charge in [0.25, 0.3) is 0 Å². The van der Waals surface area contributed by atoms with E-state index in [2.05, 4.69) is 0 Å². The minimum Gasteiger partial charge on any atom is -0.207 e. The van der Waals surface area contributed by atoms with Crippen LogP contribution < -0.4 is 0 Å². The molecule has 5 heteroatoms. The van der Waals surface area contributed by atoms with Crippen LogP contribution in [0.25, 0.3) is 0 Å². The van der Waals surface area contributed by atoms with Crippen LogP contribution in [0.1, 0.15) is 25.3 Å². The normalized spacial score (nSPS) is 17.4. The molecule has 1 fully saturated rings. The van der Waals surface area contributed by atoms with E-state index < -0.39 is 10.0 Å². The molecule has 0 aliphatic heterocycles. The summed E-state index contributed by atoms with van der Waals surface area (Å²) >= 11 is 0. The van der Waals surface area contributed by atoms with Crippen molar-refractivity contribution in [1.29, 1.82) is 5.26 Å². The van der Waals surface area contributed by atoms with Crippen molar-refractivity contribution < 1.29 is 8.42 Å². The Labute approximate surface area is 108 Å². The standard InChI is InChI=1S/C13H16N2O2S/c1-10(12-5-6-12)15(2)18(16,17)13-7-3-11(9-14)4-8-13/h3-4,7-8,10,12H,5-6H2,1-2H3. The first-order valence-electron chi connectivity index (χ1n) is 5.95. The van der Waals surface area contributed by atoms with E-state index >= 15 is 0 Å². The molecule has 0 saturated heterocycles. The molecular formula is C13H16N2O2S. The van der Waals surface area contributed by atoms with Crippen LogP contribution in [0.4, 0.5) is 0 Å². The van der Waals surface area contributed by atoms with Crippen molar-refractivity contribution in [3.63, 3.8) is 0 Å². The predicted octanol–water partition coefficient (Wildman–Crippen LogP) is 1.98. The number of nitriles is 1. The third-order valence-electron chi connectivity index (χ3n) is 3.54. The van der Waals surface area contributed by atoms with E-state index in [1.165, 1.54) is 28.6 Å². The maximum atomic E-state index is 12.3. The van der Waals surface area contributed by atoms with E-state index in [0.717, 1.165) is 12.8 Å². The van der Waals surface area contributed by atoms with Crippen LogP contribution in [0.15, 0.2) is 29.2 Å². The van der Waals surface area contributed by atoms with Crippen LogP contribution in [0.5, 0.6) is 0 Å². The third-order valence-corrected chi connectivity index (χ3v) is 5.50. The first kappa shape index (κ1) is 13.1. The topological polar surface area (TPSA) is 61.2 Å². The maximum absolute atomic E-state index is 12.3. The van der Waals surface area contributed by atoms with Gasteiger partial charge in [0.05, 0.1) is 16.5 Å². The van der Waals surface area contributed by atoms with E-state index in [-0.39, 0.29) is 10.9 Å². The summed E-state index contributed by atoms with van der Waals surface area (Å²) in [6, 6.07) is 8.05. The lowest BCUT2D eigenvalue weighted by Crippen LogP contribution is -2.36. The fourth-order valence-electron chi connectivity index (χ4n) is 1.96. The number of rotatable bonds is 4. The Morgan fingerprint density at radius 2 is 1.89 bits per heavy atom. The highest BCUT2D eigenvalue weighted by Gasteiger charge is 2.35. The Morgan fingerprint density at radius 1 is 1.33 bits per heavy atom. The van der Waals surface area contributed by atoms with E-state index in [0.29, 0.717) is 11.5 Å². The van der Waals surface area contributed by atoms with Gasteiger partial charge in [-0.15, -0.1) is 0 Å². The number of nitrogens with zero attached hydrogens (tertiary/aromatic N) is 2. The smallest absolute Gasteiger partial charge is 0.207 e. The lowest BCUT2D eigenvalue weighted by Gasteiger charge is -2.24. The van der Waals surface area contributed by atoms with Crippen LogP contribution in [0, 0.1) is 17.2 Å². The predicted molar refractivity (Wildman–Crippen MR) is 68.3 cm³/mol. The van der Waals surface area contributed by atoms with Gasteiger partial charge < -0.3 is 0 Å². The fourth-order valence-corrected chi connectivity index (χ4v) is 3.38. The van der Waals surface area contributed by atoms with Crippen molar-refractivity contribution in [3.05, 3.63) is 29.8 Å². The summed E-state index contributed by atoms with van der Waals surface area (Å²) in [7, 11) is -1.82. The molecular weight excluding hydrogens is 248 g/mol. The lowest BCUT2D eigenvalue weighted by atomic mass is 10.2.